The Kier molecular flexibility index (Phi) is 3.23. The van der Waals surface area contributed by atoms with Crippen LogP contribution in [-0.4, -0.2) is 5.11 Å². The van der Waals surface area contributed by atoms with Crippen LogP contribution in [0.5, 0.6) is 5.75 Å². The van der Waals surface area contributed by atoms with E-state index in [9.17, 15) is 8.78 Å². The summed E-state index contributed by atoms with van der Waals surface area (Å²) in [5, 5.41) is 12.0. The Balaban J connectivity index is 2.02. The van der Waals surface area contributed by atoms with Gasteiger partial charge in [0.2, 0.25) is 0 Å². The topological polar surface area (TPSA) is 32.3 Å². The molecule has 2 aromatic carbocycles. The third-order valence-corrected chi connectivity index (χ3v) is 2.36. The summed E-state index contributed by atoms with van der Waals surface area (Å²) in [4.78, 5) is 0. The molecule has 0 heterocycles. The summed E-state index contributed by atoms with van der Waals surface area (Å²) >= 11 is 0. The third-order valence-electron chi connectivity index (χ3n) is 2.36. The van der Waals surface area contributed by atoms with E-state index in [1.54, 1.807) is 18.2 Å². The Hall–Kier alpha value is -2.10. The van der Waals surface area contributed by atoms with Gasteiger partial charge in [-0.2, -0.15) is 0 Å². The molecule has 0 spiro atoms. The fourth-order valence-corrected chi connectivity index (χ4v) is 1.42. The van der Waals surface area contributed by atoms with Crippen molar-refractivity contribution < 1.29 is 13.9 Å². The fourth-order valence-electron chi connectivity index (χ4n) is 1.42. The number of halogens is 2. The third kappa shape index (κ3) is 2.93. The average Bonchev–Trinajstić information content (AvgIpc) is 2.33. The van der Waals surface area contributed by atoms with Gasteiger partial charge in [-0.1, -0.05) is 12.1 Å². The van der Waals surface area contributed by atoms with Gasteiger partial charge < -0.3 is 10.4 Å². The van der Waals surface area contributed by atoms with Crippen molar-refractivity contribution in [2.75, 3.05) is 5.32 Å². The molecule has 2 rings (SSSR count). The number of phenols is 1. The molecule has 88 valence electrons. The maximum Gasteiger partial charge on any atom is 0.166 e. The Labute approximate surface area is 97.5 Å². The largest absolute Gasteiger partial charge is 0.505 e. The van der Waals surface area contributed by atoms with Crippen LogP contribution in [0.3, 0.4) is 0 Å². The number of hydrogen-bond acceptors (Lipinski definition) is 2. The molecule has 0 fully saturated rings. The van der Waals surface area contributed by atoms with Crippen LogP contribution in [0.15, 0.2) is 42.5 Å². The van der Waals surface area contributed by atoms with E-state index in [1.165, 1.54) is 24.3 Å². The van der Waals surface area contributed by atoms with E-state index >= 15 is 0 Å². The van der Waals surface area contributed by atoms with Gasteiger partial charge in [0.25, 0.3) is 0 Å². The van der Waals surface area contributed by atoms with Crippen molar-refractivity contribution in [1.82, 2.24) is 0 Å². The molecule has 0 atom stereocenters. The zero-order valence-corrected chi connectivity index (χ0v) is 8.95. The van der Waals surface area contributed by atoms with Gasteiger partial charge in [-0.15, -0.1) is 0 Å². The van der Waals surface area contributed by atoms with Crippen LogP contribution in [0.25, 0.3) is 0 Å². The lowest BCUT2D eigenvalue weighted by Crippen LogP contribution is -1.99. The maximum absolute atomic E-state index is 13.0. The van der Waals surface area contributed by atoms with Gasteiger partial charge in [0, 0.05) is 18.3 Å². The van der Waals surface area contributed by atoms with Crippen molar-refractivity contribution in [3.8, 4) is 5.75 Å². The number of anilines is 1. The lowest BCUT2D eigenvalue weighted by molar-refractivity contribution is 0.432. The first-order valence-corrected chi connectivity index (χ1v) is 5.12. The van der Waals surface area contributed by atoms with Crippen molar-refractivity contribution >= 4 is 5.69 Å². The first kappa shape index (κ1) is 11.4. The summed E-state index contributed by atoms with van der Waals surface area (Å²) in [5.41, 5.74) is 1.45. The highest BCUT2D eigenvalue weighted by atomic mass is 19.1. The predicted octanol–water partition coefficient (Wildman–Crippen LogP) is 3.28. The van der Waals surface area contributed by atoms with Crippen LogP contribution in [0, 0.1) is 11.6 Å². The van der Waals surface area contributed by atoms with Crippen LogP contribution < -0.4 is 5.32 Å². The van der Waals surface area contributed by atoms with E-state index in [-0.39, 0.29) is 11.6 Å². The zero-order chi connectivity index (χ0) is 12.3. The van der Waals surface area contributed by atoms with E-state index in [2.05, 4.69) is 5.32 Å². The Morgan fingerprint density at radius 1 is 1.00 bits per heavy atom. The molecule has 0 saturated heterocycles. The van der Waals surface area contributed by atoms with Crippen molar-refractivity contribution in [2.45, 2.75) is 6.54 Å². The van der Waals surface area contributed by atoms with Gasteiger partial charge in [-0.25, -0.2) is 8.78 Å². The number of hydrogen-bond donors (Lipinski definition) is 2. The van der Waals surface area contributed by atoms with Crippen LogP contribution >= 0.6 is 0 Å². The smallest absolute Gasteiger partial charge is 0.166 e. The molecule has 0 bridgehead atoms. The Morgan fingerprint density at radius 2 is 1.71 bits per heavy atom. The second kappa shape index (κ2) is 4.82. The number of rotatable bonds is 3. The van der Waals surface area contributed by atoms with Crippen LogP contribution in [0.2, 0.25) is 0 Å². The lowest BCUT2D eigenvalue weighted by Gasteiger charge is -2.07. The monoisotopic (exact) mass is 235 g/mol. The van der Waals surface area contributed by atoms with E-state index in [4.69, 9.17) is 5.11 Å². The predicted molar refractivity (Wildman–Crippen MR) is 61.8 cm³/mol. The van der Waals surface area contributed by atoms with Crippen LogP contribution in [0.4, 0.5) is 14.5 Å². The van der Waals surface area contributed by atoms with Gasteiger partial charge in [-0.3, -0.25) is 0 Å². The first-order valence-electron chi connectivity index (χ1n) is 5.12. The molecule has 0 radical (unpaired) electrons. The van der Waals surface area contributed by atoms with E-state index < -0.39 is 5.82 Å². The molecule has 0 aliphatic heterocycles. The van der Waals surface area contributed by atoms with Gasteiger partial charge in [0.15, 0.2) is 11.6 Å². The van der Waals surface area contributed by atoms with E-state index in [0.29, 0.717) is 12.2 Å². The van der Waals surface area contributed by atoms with Crippen molar-refractivity contribution in [1.29, 1.82) is 0 Å². The molecule has 17 heavy (non-hydrogen) atoms. The number of nitrogens with one attached hydrogen (secondary N) is 1. The van der Waals surface area contributed by atoms with Crippen LogP contribution in [0.1, 0.15) is 5.56 Å². The summed E-state index contributed by atoms with van der Waals surface area (Å²) in [6.45, 7) is 0.463. The van der Waals surface area contributed by atoms with E-state index in [0.717, 1.165) is 5.56 Å². The molecule has 0 amide bonds. The zero-order valence-electron chi connectivity index (χ0n) is 8.95. The number of aromatic hydroxyl groups is 1. The summed E-state index contributed by atoms with van der Waals surface area (Å²) in [6, 6.07) is 10.1. The highest BCUT2D eigenvalue weighted by molar-refractivity contribution is 5.47. The molecule has 0 aromatic heterocycles. The maximum atomic E-state index is 13.0. The van der Waals surface area contributed by atoms with Gasteiger partial charge in [0.05, 0.1) is 0 Å². The fraction of sp³-hybridized carbons (Fsp3) is 0.0769. The quantitative estimate of drug-likeness (QED) is 0.800. The minimum atomic E-state index is -0.672. The average molecular weight is 235 g/mol. The highest BCUT2D eigenvalue weighted by Crippen LogP contribution is 2.19. The minimum Gasteiger partial charge on any atom is -0.505 e. The normalized spacial score (nSPS) is 10.2. The molecule has 0 aliphatic rings. The molecular weight excluding hydrogens is 224 g/mol. The molecule has 2 N–H and O–H groups in total. The number of benzene rings is 2. The summed E-state index contributed by atoms with van der Waals surface area (Å²) < 4.78 is 25.7. The van der Waals surface area contributed by atoms with Gasteiger partial charge in [0.1, 0.15) is 5.82 Å². The standard InChI is InChI=1S/C13H11F2NO/c14-10-3-1-9(2-4-10)8-16-11-5-6-13(17)12(15)7-11/h1-7,16-17H,8H2. The molecule has 2 nitrogen and oxygen atoms in total. The second-order valence-electron chi connectivity index (χ2n) is 3.65. The summed E-state index contributed by atoms with van der Waals surface area (Å²) in [7, 11) is 0. The van der Waals surface area contributed by atoms with Crippen molar-refractivity contribution in [2.24, 2.45) is 0 Å². The first-order chi connectivity index (χ1) is 8.15. The van der Waals surface area contributed by atoms with Gasteiger partial charge in [-0.05, 0) is 29.8 Å². The Morgan fingerprint density at radius 3 is 2.35 bits per heavy atom. The summed E-state index contributed by atoms with van der Waals surface area (Å²) in [5.74, 6) is -1.34. The molecule has 2 aromatic rings. The van der Waals surface area contributed by atoms with Gasteiger partial charge >= 0.3 is 0 Å². The van der Waals surface area contributed by atoms with Crippen LogP contribution in [-0.2, 0) is 6.54 Å². The summed E-state index contributed by atoms with van der Waals surface area (Å²) in [6.07, 6.45) is 0. The molecular formula is C13H11F2NO. The lowest BCUT2D eigenvalue weighted by atomic mass is 10.2. The SMILES string of the molecule is Oc1ccc(NCc2ccc(F)cc2)cc1F. The molecule has 0 aliphatic carbocycles. The Bertz CT molecular complexity index is 511. The van der Waals surface area contributed by atoms with E-state index in [1.807, 2.05) is 0 Å². The highest BCUT2D eigenvalue weighted by Gasteiger charge is 2.01. The molecule has 0 unspecified atom stereocenters. The minimum absolute atomic E-state index is 0.288. The molecule has 0 saturated carbocycles. The number of phenolic OH excluding ortho intramolecular Hbond substituents is 1. The molecule has 4 heteroatoms. The van der Waals surface area contributed by atoms with Crippen molar-refractivity contribution in [3.63, 3.8) is 0 Å². The second-order valence-corrected chi connectivity index (χ2v) is 3.65. The van der Waals surface area contributed by atoms with Crippen molar-refractivity contribution in [3.05, 3.63) is 59.7 Å².